The third kappa shape index (κ3) is 4.99. The van der Waals surface area contributed by atoms with Gasteiger partial charge >= 0.3 is 0 Å². The largest absolute Gasteiger partial charge is 0.495 e. The van der Waals surface area contributed by atoms with E-state index in [-0.39, 0.29) is 11.3 Å². The molecule has 0 aliphatic rings. The number of methoxy groups -OCH3 is 1. The van der Waals surface area contributed by atoms with Crippen molar-refractivity contribution in [2.24, 2.45) is 11.1 Å². The Balaban J connectivity index is 1.63. The molecule has 2 N–H and O–H groups in total. The molecule has 0 fully saturated rings. The zero-order valence-corrected chi connectivity index (χ0v) is 20.5. The third-order valence-electron chi connectivity index (χ3n) is 5.71. The zero-order valence-electron chi connectivity index (χ0n) is 20.5. The number of pyridine rings is 2. The fourth-order valence-electron chi connectivity index (χ4n) is 3.98. The molecular weight excluding hydrogens is 426 g/mol. The second kappa shape index (κ2) is 8.99. The Morgan fingerprint density at radius 2 is 1.59 bits per heavy atom. The van der Waals surface area contributed by atoms with Crippen LogP contribution < -0.4 is 10.5 Å². The number of aromatic nitrogens is 4. The predicted octanol–water partition coefficient (Wildman–Crippen LogP) is 5.57. The molecule has 0 radical (unpaired) electrons. The third-order valence-corrected chi connectivity index (χ3v) is 5.71. The number of benzene rings is 1. The van der Waals surface area contributed by atoms with Gasteiger partial charge in [-0.2, -0.15) is 4.98 Å². The van der Waals surface area contributed by atoms with Crippen LogP contribution in [0.4, 0.5) is 0 Å². The van der Waals surface area contributed by atoms with Crippen molar-refractivity contribution in [3.8, 4) is 28.3 Å². The average Bonchev–Trinajstić information content (AvgIpc) is 3.30. The van der Waals surface area contributed by atoms with E-state index in [1.54, 1.807) is 19.5 Å². The summed E-state index contributed by atoms with van der Waals surface area (Å²) in [5.41, 5.74) is 10.4. The normalized spacial score (nSPS) is 13.0. The van der Waals surface area contributed by atoms with Crippen LogP contribution in [-0.2, 0) is 5.54 Å². The van der Waals surface area contributed by atoms with Crippen molar-refractivity contribution >= 4 is 0 Å². The molecule has 0 bridgehead atoms. The number of rotatable bonds is 6. The maximum absolute atomic E-state index is 6.06. The zero-order chi connectivity index (χ0) is 24.5. The van der Waals surface area contributed by atoms with Gasteiger partial charge in [0.05, 0.1) is 18.8 Å². The number of nitrogens with zero attached hydrogens (tertiary/aromatic N) is 4. The summed E-state index contributed by atoms with van der Waals surface area (Å²) in [6.07, 6.45) is 5.34. The van der Waals surface area contributed by atoms with E-state index < -0.39 is 5.54 Å². The van der Waals surface area contributed by atoms with Gasteiger partial charge in [0.1, 0.15) is 5.75 Å². The molecule has 1 unspecified atom stereocenters. The van der Waals surface area contributed by atoms with Crippen molar-refractivity contribution in [1.82, 2.24) is 20.1 Å². The summed E-state index contributed by atoms with van der Waals surface area (Å²) in [7, 11) is 1.65. The fraction of sp³-hybridized carbons (Fsp3) is 0.333. The Kier molecular flexibility index (Phi) is 6.23. The molecule has 0 amide bonds. The average molecular weight is 458 g/mol. The van der Waals surface area contributed by atoms with Crippen LogP contribution >= 0.6 is 0 Å². The van der Waals surface area contributed by atoms with E-state index in [9.17, 15) is 0 Å². The van der Waals surface area contributed by atoms with Gasteiger partial charge in [-0.1, -0.05) is 50.2 Å². The summed E-state index contributed by atoms with van der Waals surface area (Å²) in [5.74, 6) is 1.71. The Labute approximate surface area is 200 Å². The summed E-state index contributed by atoms with van der Waals surface area (Å²) in [4.78, 5) is 13.5. The Hall–Kier alpha value is -3.58. The van der Waals surface area contributed by atoms with Gasteiger partial charge < -0.3 is 15.0 Å². The van der Waals surface area contributed by atoms with Crippen LogP contribution in [0.1, 0.15) is 57.7 Å². The van der Waals surface area contributed by atoms with Crippen molar-refractivity contribution in [3.05, 3.63) is 78.2 Å². The Bertz CT molecular complexity index is 1250. The molecule has 0 saturated heterocycles. The molecular formula is C27H31N5O2. The van der Waals surface area contributed by atoms with Gasteiger partial charge in [0.2, 0.25) is 11.7 Å². The van der Waals surface area contributed by atoms with Crippen LogP contribution in [0.15, 0.2) is 65.6 Å². The van der Waals surface area contributed by atoms with E-state index >= 15 is 0 Å². The second-order valence-electron chi connectivity index (χ2n) is 10.2. The van der Waals surface area contributed by atoms with Crippen LogP contribution in [0.3, 0.4) is 0 Å². The van der Waals surface area contributed by atoms with Crippen molar-refractivity contribution in [1.29, 1.82) is 0 Å². The Morgan fingerprint density at radius 3 is 2.15 bits per heavy atom. The molecule has 3 heterocycles. The first kappa shape index (κ1) is 23.6. The van der Waals surface area contributed by atoms with Crippen LogP contribution in [0.5, 0.6) is 5.75 Å². The maximum Gasteiger partial charge on any atom is 0.246 e. The fourth-order valence-corrected chi connectivity index (χ4v) is 3.98. The number of hydrogen-bond acceptors (Lipinski definition) is 7. The minimum absolute atomic E-state index is 0.0452. The number of ether oxygens (including phenoxy) is 1. The molecule has 4 aromatic rings. The summed E-state index contributed by atoms with van der Waals surface area (Å²) in [5, 5.41) is 4.07. The maximum atomic E-state index is 6.06. The highest BCUT2D eigenvalue weighted by Crippen LogP contribution is 2.40. The van der Waals surface area contributed by atoms with E-state index in [2.05, 4.69) is 60.2 Å². The molecule has 0 aliphatic carbocycles. The van der Waals surface area contributed by atoms with Crippen LogP contribution in [0.25, 0.3) is 22.5 Å². The molecule has 1 aromatic carbocycles. The van der Waals surface area contributed by atoms with E-state index in [4.69, 9.17) is 20.0 Å². The number of hydrogen-bond donors (Lipinski definition) is 1. The van der Waals surface area contributed by atoms with Crippen LogP contribution in [0, 0.1) is 5.41 Å². The molecule has 0 spiro atoms. The second-order valence-corrected chi connectivity index (χ2v) is 10.2. The smallest absolute Gasteiger partial charge is 0.246 e. The topological polar surface area (TPSA) is 100.0 Å². The summed E-state index contributed by atoms with van der Waals surface area (Å²) in [6.45, 7) is 10.3. The highest BCUT2D eigenvalue weighted by Gasteiger charge is 2.29. The van der Waals surface area contributed by atoms with Crippen LogP contribution in [-0.4, -0.2) is 27.2 Å². The van der Waals surface area contributed by atoms with E-state index in [0.717, 1.165) is 28.1 Å². The van der Waals surface area contributed by atoms with Crippen LogP contribution in [0.2, 0.25) is 0 Å². The molecule has 0 aliphatic heterocycles. The van der Waals surface area contributed by atoms with Gasteiger partial charge in [-0.05, 0) is 48.6 Å². The first-order chi connectivity index (χ1) is 16.1. The molecule has 3 aromatic heterocycles. The lowest BCUT2D eigenvalue weighted by Gasteiger charge is -2.31. The molecule has 4 rings (SSSR count). The van der Waals surface area contributed by atoms with Crippen molar-refractivity contribution in [3.63, 3.8) is 0 Å². The highest BCUT2D eigenvalue weighted by atomic mass is 16.5. The van der Waals surface area contributed by atoms with Gasteiger partial charge in [0.25, 0.3) is 0 Å². The van der Waals surface area contributed by atoms with Crippen molar-refractivity contribution in [2.75, 3.05) is 7.11 Å². The summed E-state index contributed by atoms with van der Waals surface area (Å²) in [6, 6.07) is 14.6. The molecule has 7 nitrogen and oxygen atoms in total. The lowest BCUT2D eigenvalue weighted by Crippen LogP contribution is -2.28. The first-order valence-electron chi connectivity index (χ1n) is 11.2. The molecule has 176 valence electrons. The SMILES string of the molecule is COc1cncc(-c2ccc(C(c3ccc(-c4noc(C(C)(C)N)n4)cn3)C(C)(C)C)cc2)c1. The monoisotopic (exact) mass is 457 g/mol. The lowest BCUT2D eigenvalue weighted by molar-refractivity contribution is 0.312. The minimum Gasteiger partial charge on any atom is -0.495 e. The predicted molar refractivity (Wildman–Crippen MR) is 132 cm³/mol. The summed E-state index contributed by atoms with van der Waals surface area (Å²) >= 11 is 0. The Morgan fingerprint density at radius 1 is 0.882 bits per heavy atom. The van der Waals surface area contributed by atoms with Crippen molar-refractivity contribution in [2.45, 2.75) is 46.1 Å². The van der Waals surface area contributed by atoms with Gasteiger partial charge in [0, 0.05) is 35.1 Å². The quantitative estimate of drug-likeness (QED) is 0.404. The minimum atomic E-state index is -0.691. The van der Waals surface area contributed by atoms with Gasteiger partial charge in [-0.25, -0.2) is 0 Å². The first-order valence-corrected chi connectivity index (χ1v) is 11.2. The van der Waals surface area contributed by atoms with Gasteiger partial charge in [0.15, 0.2) is 0 Å². The number of nitrogens with two attached hydrogens (primary N) is 1. The molecule has 7 heteroatoms. The summed E-state index contributed by atoms with van der Waals surface area (Å²) < 4.78 is 10.6. The molecule has 1 atom stereocenters. The molecule has 34 heavy (non-hydrogen) atoms. The van der Waals surface area contributed by atoms with Crippen molar-refractivity contribution < 1.29 is 9.26 Å². The standard InChI is InChI=1S/C27H31N5O2/c1-26(2,3)23(18-9-7-17(8-10-18)20-13-21(33-6)16-29-14-20)22-12-11-19(15-30-22)24-31-25(34-32-24)27(4,5)28/h7-16,23H,28H2,1-6H3. The van der Waals surface area contributed by atoms with Gasteiger partial charge in [-0.15, -0.1) is 0 Å². The highest BCUT2D eigenvalue weighted by molar-refractivity contribution is 5.64. The van der Waals surface area contributed by atoms with Gasteiger partial charge in [-0.3, -0.25) is 9.97 Å². The van der Waals surface area contributed by atoms with E-state index in [1.807, 2.05) is 38.2 Å². The van der Waals surface area contributed by atoms with E-state index in [0.29, 0.717) is 11.7 Å². The molecule has 0 saturated carbocycles. The van der Waals surface area contributed by atoms with E-state index in [1.165, 1.54) is 5.56 Å². The lowest BCUT2D eigenvalue weighted by atomic mass is 9.74.